The first kappa shape index (κ1) is 12.5. The summed E-state index contributed by atoms with van der Waals surface area (Å²) in [7, 11) is 0. The van der Waals surface area contributed by atoms with Gasteiger partial charge in [-0.2, -0.15) is 5.26 Å². The van der Waals surface area contributed by atoms with Crippen LogP contribution in [0.3, 0.4) is 0 Å². The summed E-state index contributed by atoms with van der Waals surface area (Å²) < 4.78 is 0. The molecule has 0 saturated heterocycles. The number of allylic oxidation sites excluding steroid dienone is 2. The van der Waals surface area contributed by atoms with E-state index in [-0.39, 0.29) is 5.91 Å². The van der Waals surface area contributed by atoms with Gasteiger partial charge in [0.1, 0.15) is 0 Å². The molecule has 3 nitrogen and oxygen atoms in total. The lowest BCUT2D eigenvalue weighted by Gasteiger charge is -2.05. The largest absolute Gasteiger partial charge is 0.322 e. The molecule has 84 valence electrons. The monoisotopic (exact) mass is 224 g/mol. The van der Waals surface area contributed by atoms with Gasteiger partial charge in [-0.25, -0.2) is 0 Å². The number of amides is 1. The maximum Gasteiger partial charge on any atom is 0.255 e. The third kappa shape index (κ3) is 3.47. The molecule has 0 aliphatic rings. The molecule has 0 fully saturated rings. The normalized spacial score (nSPS) is 10.2. The van der Waals surface area contributed by atoms with Crippen molar-refractivity contribution in [2.45, 2.75) is 0 Å². The standard InChI is InChI=1S/C14H12N2O/c1-3-5-12(4-2)14(17)16-13-8-6-11(10-15)7-9-13/h3-9H,1-2H2,(H,16,17)/b12-5+. The molecule has 1 rings (SSSR count). The Morgan fingerprint density at radius 1 is 1.29 bits per heavy atom. The second-order valence-corrected chi connectivity index (χ2v) is 3.21. The highest BCUT2D eigenvalue weighted by atomic mass is 16.1. The Kier molecular flexibility index (Phi) is 4.46. The Morgan fingerprint density at radius 2 is 1.94 bits per heavy atom. The predicted molar refractivity (Wildman–Crippen MR) is 68.3 cm³/mol. The SMILES string of the molecule is C=C/C=C(\C=C)C(=O)Nc1ccc(C#N)cc1. The molecular weight excluding hydrogens is 212 g/mol. The first-order valence-corrected chi connectivity index (χ1v) is 4.98. The Bertz CT molecular complexity index is 504. The molecule has 1 aromatic carbocycles. The van der Waals surface area contributed by atoms with Gasteiger partial charge in [-0.1, -0.05) is 31.4 Å². The van der Waals surface area contributed by atoms with Gasteiger partial charge in [-0.05, 0) is 24.3 Å². The second-order valence-electron chi connectivity index (χ2n) is 3.21. The number of hydrogen-bond donors (Lipinski definition) is 1. The second kappa shape index (κ2) is 6.09. The number of hydrogen-bond acceptors (Lipinski definition) is 2. The number of benzene rings is 1. The highest BCUT2D eigenvalue weighted by Gasteiger charge is 2.05. The third-order valence-corrected chi connectivity index (χ3v) is 2.05. The van der Waals surface area contributed by atoms with Crippen LogP contribution in [0.25, 0.3) is 0 Å². The average molecular weight is 224 g/mol. The number of carbonyl (C=O) groups excluding carboxylic acids is 1. The lowest BCUT2D eigenvalue weighted by molar-refractivity contribution is -0.112. The molecule has 0 heterocycles. The van der Waals surface area contributed by atoms with Gasteiger partial charge in [0.2, 0.25) is 0 Å². The fraction of sp³-hybridized carbons (Fsp3) is 0. The molecule has 0 unspecified atom stereocenters. The number of carbonyl (C=O) groups is 1. The maximum atomic E-state index is 11.7. The average Bonchev–Trinajstić information content (AvgIpc) is 2.36. The molecule has 1 amide bonds. The van der Waals surface area contributed by atoms with Crippen molar-refractivity contribution in [1.82, 2.24) is 0 Å². The minimum Gasteiger partial charge on any atom is -0.322 e. The molecule has 1 aromatic rings. The number of nitrogens with zero attached hydrogens (tertiary/aromatic N) is 1. The van der Waals surface area contributed by atoms with Gasteiger partial charge in [0.25, 0.3) is 5.91 Å². The van der Waals surface area contributed by atoms with E-state index in [1.54, 1.807) is 30.3 Å². The summed E-state index contributed by atoms with van der Waals surface area (Å²) in [5.74, 6) is -0.260. The molecule has 0 bridgehead atoms. The van der Waals surface area contributed by atoms with E-state index < -0.39 is 0 Å². The van der Waals surface area contributed by atoms with E-state index in [1.165, 1.54) is 12.2 Å². The lowest BCUT2D eigenvalue weighted by atomic mass is 10.2. The van der Waals surface area contributed by atoms with Crippen LogP contribution in [0.1, 0.15) is 5.56 Å². The van der Waals surface area contributed by atoms with Crippen LogP contribution < -0.4 is 5.32 Å². The number of nitriles is 1. The molecule has 0 aliphatic heterocycles. The predicted octanol–water partition coefficient (Wildman–Crippen LogP) is 2.80. The lowest BCUT2D eigenvalue weighted by Crippen LogP contribution is -2.12. The van der Waals surface area contributed by atoms with Crippen LogP contribution in [-0.4, -0.2) is 5.91 Å². The fourth-order valence-corrected chi connectivity index (χ4v) is 1.19. The molecule has 3 heteroatoms. The van der Waals surface area contributed by atoms with Gasteiger partial charge in [-0.3, -0.25) is 4.79 Å². The van der Waals surface area contributed by atoms with Gasteiger partial charge >= 0.3 is 0 Å². The van der Waals surface area contributed by atoms with Crippen molar-refractivity contribution < 1.29 is 4.79 Å². The summed E-state index contributed by atoms with van der Waals surface area (Å²) in [5, 5.41) is 11.3. The van der Waals surface area contributed by atoms with E-state index in [4.69, 9.17) is 5.26 Å². The van der Waals surface area contributed by atoms with Crippen molar-refractivity contribution in [1.29, 1.82) is 5.26 Å². The Hall–Kier alpha value is -2.60. The first-order valence-electron chi connectivity index (χ1n) is 4.98. The van der Waals surface area contributed by atoms with E-state index >= 15 is 0 Å². The Labute approximate surface area is 100 Å². The summed E-state index contributed by atoms with van der Waals surface area (Å²) in [6, 6.07) is 8.63. The van der Waals surface area contributed by atoms with Gasteiger partial charge < -0.3 is 5.32 Å². The highest BCUT2D eigenvalue weighted by Crippen LogP contribution is 2.10. The number of rotatable bonds is 4. The number of anilines is 1. The van der Waals surface area contributed by atoms with Crippen LogP contribution in [-0.2, 0) is 4.79 Å². The van der Waals surface area contributed by atoms with E-state index in [0.717, 1.165) is 0 Å². The molecule has 0 saturated carbocycles. The summed E-state index contributed by atoms with van der Waals surface area (Å²) >= 11 is 0. The molecule has 1 N–H and O–H groups in total. The van der Waals surface area contributed by atoms with E-state index in [1.807, 2.05) is 6.07 Å². The van der Waals surface area contributed by atoms with Crippen LogP contribution in [0.5, 0.6) is 0 Å². The van der Waals surface area contributed by atoms with Crippen molar-refractivity contribution in [3.05, 3.63) is 66.8 Å². The highest BCUT2D eigenvalue weighted by molar-refractivity contribution is 6.05. The summed E-state index contributed by atoms with van der Waals surface area (Å²) in [4.78, 5) is 11.7. The smallest absolute Gasteiger partial charge is 0.255 e. The van der Waals surface area contributed by atoms with Gasteiger partial charge in [0, 0.05) is 11.3 Å². The van der Waals surface area contributed by atoms with E-state index in [0.29, 0.717) is 16.8 Å². The zero-order valence-corrected chi connectivity index (χ0v) is 9.31. The van der Waals surface area contributed by atoms with Crippen molar-refractivity contribution >= 4 is 11.6 Å². The minimum absolute atomic E-state index is 0.260. The molecule has 0 spiro atoms. The van der Waals surface area contributed by atoms with Crippen molar-refractivity contribution in [3.8, 4) is 6.07 Å². The van der Waals surface area contributed by atoms with Crippen molar-refractivity contribution in [3.63, 3.8) is 0 Å². The molecule has 0 aliphatic carbocycles. The quantitative estimate of drug-likeness (QED) is 0.631. The van der Waals surface area contributed by atoms with Crippen LogP contribution in [0.4, 0.5) is 5.69 Å². The van der Waals surface area contributed by atoms with Crippen molar-refractivity contribution in [2.75, 3.05) is 5.32 Å². The molecule has 0 atom stereocenters. The molecule has 0 radical (unpaired) electrons. The fourth-order valence-electron chi connectivity index (χ4n) is 1.19. The third-order valence-electron chi connectivity index (χ3n) is 2.05. The maximum absolute atomic E-state index is 11.7. The summed E-state index contributed by atoms with van der Waals surface area (Å²) in [6.45, 7) is 7.07. The van der Waals surface area contributed by atoms with Gasteiger partial charge in [0.05, 0.1) is 11.6 Å². The van der Waals surface area contributed by atoms with Crippen LogP contribution in [0.15, 0.2) is 61.2 Å². The first-order chi connectivity index (χ1) is 8.21. The Morgan fingerprint density at radius 3 is 2.41 bits per heavy atom. The van der Waals surface area contributed by atoms with Gasteiger partial charge in [-0.15, -0.1) is 0 Å². The minimum atomic E-state index is -0.260. The van der Waals surface area contributed by atoms with Gasteiger partial charge in [0.15, 0.2) is 0 Å². The van der Waals surface area contributed by atoms with E-state index in [9.17, 15) is 4.79 Å². The van der Waals surface area contributed by atoms with E-state index in [2.05, 4.69) is 18.5 Å². The summed E-state index contributed by atoms with van der Waals surface area (Å²) in [5.41, 5.74) is 1.61. The molecule has 17 heavy (non-hydrogen) atoms. The molecule has 0 aromatic heterocycles. The van der Waals surface area contributed by atoms with Crippen LogP contribution in [0, 0.1) is 11.3 Å². The topological polar surface area (TPSA) is 52.9 Å². The van der Waals surface area contributed by atoms with Crippen LogP contribution in [0.2, 0.25) is 0 Å². The molecular formula is C14H12N2O. The Balaban J connectivity index is 2.81. The zero-order chi connectivity index (χ0) is 12.7. The van der Waals surface area contributed by atoms with Crippen LogP contribution >= 0.6 is 0 Å². The van der Waals surface area contributed by atoms with Crippen molar-refractivity contribution in [2.24, 2.45) is 0 Å². The summed E-state index contributed by atoms with van der Waals surface area (Å²) in [6.07, 6.45) is 4.56. The zero-order valence-electron chi connectivity index (χ0n) is 9.31. The number of nitrogens with one attached hydrogen (secondary N) is 1.